The molecule has 6 nitrogen and oxygen atoms in total. The largest absolute Gasteiger partial charge is 0.432 e. The predicted octanol–water partition coefficient (Wildman–Crippen LogP) is 4.11. The summed E-state index contributed by atoms with van der Waals surface area (Å²) in [5.41, 5.74) is 6.25. The number of rotatable bonds is 4. The fraction of sp³-hybridized carbons (Fsp3) is 0.154. The SMILES string of the molecule is CC(N)c1ccc(Oc2cc(Cl)c(Cl)cc2[N+](=O)[O-])nc1. The Labute approximate surface area is 130 Å². The summed E-state index contributed by atoms with van der Waals surface area (Å²) in [6, 6.07) is 5.56. The van der Waals surface area contributed by atoms with Crippen LogP contribution in [0.3, 0.4) is 0 Å². The number of benzene rings is 1. The van der Waals surface area contributed by atoms with E-state index in [4.69, 9.17) is 33.7 Å². The first-order valence-corrected chi connectivity index (χ1v) is 6.67. The first-order valence-electron chi connectivity index (χ1n) is 5.91. The molecule has 8 heteroatoms. The average molecular weight is 328 g/mol. The summed E-state index contributed by atoms with van der Waals surface area (Å²) < 4.78 is 5.40. The van der Waals surface area contributed by atoms with Crippen LogP contribution < -0.4 is 10.5 Å². The zero-order valence-corrected chi connectivity index (χ0v) is 12.4. The van der Waals surface area contributed by atoms with Crippen LogP contribution in [0.4, 0.5) is 5.69 Å². The van der Waals surface area contributed by atoms with Gasteiger partial charge in [-0.25, -0.2) is 4.98 Å². The van der Waals surface area contributed by atoms with E-state index in [-0.39, 0.29) is 33.4 Å². The van der Waals surface area contributed by atoms with Gasteiger partial charge in [0.15, 0.2) is 0 Å². The molecule has 2 aromatic rings. The molecule has 0 spiro atoms. The van der Waals surface area contributed by atoms with Crippen LogP contribution in [0.25, 0.3) is 0 Å². The molecule has 2 N–H and O–H groups in total. The van der Waals surface area contributed by atoms with E-state index in [1.807, 2.05) is 6.92 Å². The molecule has 21 heavy (non-hydrogen) atoms. The number of nitro groups is 1. The summed E-state index contributed by atoms with van der Waals surface area (Å²) in [7, 11) is 0. The van der Waals surface area contributed by atoms with Crippen LogP contribution >= 0.6 is 23.2 Å². The van der Waals surface area contributed by atoms with Crippen molar-refractivity contribution in [2.45, 2.75) is 13.0 Å². The molecule has 0 aliphatic carbocycles. The van der Waals surface area contributed by atoms with E-state index in [0.29, 0.717) is 0 Å². The fourth-order valence-corrected chi connectivity index (χ4v) is 1.89. The first kappa shape index (κ1) is 15.5. The molecule has 0 bridgehead atoms. The lowest BCUT2D eigenvalue weighted by Gasteiger charge is -2.08. The van der Waals surface area contributed by atoms with Gasteiger partial charge in [-0.3, -0.25) is 10.1 Å². The van der Waals surface area contributed by atoms with E-state index in [9.17, 15) is 10.1 Å². The highest BCUT2D eigenvalue weighted by Gasteiger charge is 2.19. The second kappa shape index (κ2) is 6.26. The lowest BCUT2D eigenvalue weighted by atomic mass is 10.2. The molecule has 1 heterocycles. The maximum absolute atomic E-state index is 11.0. The molecule has 2 rings (SSSR count). The van der Waals surface area contributed by atoms with Crippen LogP contribution in [-0.4, -0.2) is 9.91 Å². The Balaban J connectivity index is 2.34. The molecule has 1 aromatic heterocycles. The van der Waals surface area contributed by atoms with E-state index < -0.39 is 4.92 Å². The number of nitrogens with two attached hydrogens (primary N) is 1. The van der Waals surface area contributed by atoms with Crippen molar-refractivity contribution >= 4 is 28.9 Å². The van der Waals surface area contributed by atoms with E-state index >= 15 is 0 Å². The van der Waals surface area contributed by atoms with Crippen molar-refractivity contribution in [2.24, 2.45) is 5.73 Å². The van der Waals surface area contributed by atoms with Crippen molar-refractivity contribution in [1.82, 2.24) is 4.98 Å². The van der Waals surface area contributed by atoms with Crippen LogP contribution in [-0.2, 0) is 0 Å². The molecule has 0 fully saturated rings. The Kier molecular flexibility index (Phi) is 4.62. The van der Waals surface area contributed by atoms with Gasteiger partial charge in [0.25, 0.3) is 0 Å². The molecule has 1 aromatic carbocycles. The zero-order chi connectivity index (χ0) is 15.6. The van der Waals surface area contributed by atoms with Gasteiger partial charge in [0.05, 0.1) is 15.0 Å². The molecule has 1 atom stereocenters. The van der Waals surface area contributed by atoms with Gasteiger partial charge in [0.2, 0.25) is 11.6 Å². The highest BCUT2D eigenvalue weighted by Crippen LogP contribution is 2.37. The second-order valence-corrected chi connectivity index (χ2v) is 5.13. The van der Waals surface area contributed by atoms with Crippen molar-refractivity contribution < 1.29 is 9.66 Å². The summed E-state index contributed by atoms with van der Waals surface area (Å²) in [5, 5.41) is 11.2. The molecule has 110 valence electrons. The zero-order valence-electron chi connectivity index (χ0n) is 10.9. The maximum atomic E-state index is 11.0. The van der Waals surface area contributed by atoms with Crippen molar-refractivity contribution in [2.75, 3.05) is 0 Å². The summed E-state index contributed by atoms with van der Waals surface area (Å²) in [6.45, 7) is 1.82. The quantitative estimate of drug-likeness (QED) is 0.673. The van der Waals surface area contributed by atoms with Gasteiger partial charge in [0.1, 0.15) is 0 Å². The average Bonchev–Trinajstić information content (AvgIpc) is 2.43. The predicted molar refractivity (Wildman–Crippen MR) is 80.0 cm³/mol. The normalized spacial score (nSPS) is 12.0. The van der Waals surface area contributed by atoms with Crippen LogP contribution in [0.2, 0.25) is 10.0 Å². The standard InChI is InChI=1S/C13H11Cl2N3O3/c1-7(16)8-2-3-13(17-6-8)21-12-5-10(15)9(14)4-11(12)18(19)20/h2-7H,16H2,1H3. The molecule has 0 saturated carbocycles. The van der Waals surface area contributed by atoms with E-state index in [1.54, 1.807) is 18.3 Å². The lowest BCUT2D eigenvalue weighted by Crippen LogP contribution is -2.05. The van der Waals surface area contributed by atoms with Crippen molar-refractivity contribution in [1.29, 1.82) is 0 Å². The Morgan fingerprint density at radius 1 is 1.33 bits per heavy atom. The van der Waals surface area contributed by atoms with Crippen molar-refractivity contribution in [3.05, 3.63) is 56.2 Å². The van der Waals surface area contributed by atoms with Crippen molar-refractivity contribution in [3.8, 4) is 11.6 Å². The van der Waals surface area contributed by atoms with E-state index in [1.165, 1.54) is 6.07 Å². The fourth-order valence-electron chi connectivity index (χ4n) is 1.58. The number of halogens is 2. The molecular formula is C13H11Cl2N3O3. The monoisotopic (exact) mass is 327 g/mol. The van der Waals surface area contributed by atoms with Crippen LogP contribution in [0, 0.1) is 10.1 Å². The lowest BCUT2D eigenvalue weighted by molar-refractivity contribution is -0.385. The van der Waals surface area contributed by atoms with Gasteiger partial charge < -0.3 is 10.5 Å². The third kappa shape index (κ3) is 3.60. The third-order valence-electron chi connectivity index (χ3n) is 2.70. The van der Waals surface area contributed by atoms with Gasteiger partial charge in [-0.05, 0) is 12.5 Å². The topological polar surface area (TPSA) is 91.3 Å². The number of pyridine rings is 1. The third-order valence-corrected chi connectivity index (χ3v) is 3.42. The van der Waals surface area contributed by atoms with Crippen LogP contribution in [0.15, 0.2) is 30.5 Å². The number of hydrogen-bond donors (Lipinski definition) is 1. The number of nitrogens with zero attached hydrogens (tertiary/aromatic N) is 2. The Morgan fingerprint density at radius 3 is 2.52 bits per heavy atom. The Bertz CT molecular complexity index is 675. The molecule has 0 radical (unpaired) electrons. The Hall–Kier alpha value is -1.89. The van der Waals surface area contributed by atoms with Gasteiger partial charge in [0, 0.05) is 30.4 Å². The first-order chi connectivity index (χ1) is 9.88. The van der Waals surface area contributed by atoms with Gasteiger partial charge in [-0.1, -0.05) is 29.3 Å². The van der Waals surface area contributed by atoms with E-state index in [2.05, 4.69) is 4.98 Å². The van der Waals surface area contributed by atoms with Crippen LogP contribution in [0.1, 0.15) is 18.5 Å². The summed E-state index contributed by atoms with van der Waals surface area (Å²) >= 11 is 11.6. The van der Waals surface area contributed by atoms with Gasteiger partial charge >= 0.3 is 5.69 Å². The second-order valence-electron chi connectivity index (χ2n) is 4.31. The molecule has 0 saturated heterocycles. The summed E-state index contributed by atoms with van der Waals surface area (Å²) in [6.07, 6.45) is 1.54. The number of nitro benzene ring substituents is 1. The molecule has 0 aliphatic heterocycles. The highest BCUT2D eigenvalue weighted by molar-refractivity contribution is 6.42. The number of ether oxygens (including phenoxy) is 1. The maximum Gasteiger partial charge on any atom is 0.313 e. The van der Waals surface area contributed by atoms with Crippen molar-refractivity contribution in [3.63, 3.8) is 0 Å². The van der Waals surface area contributed by atoms with Gasteiger partial charge in [-0.2, -0.15) is 0 Å². The smallest absolute Gasteiger partial charge is 0.313 e. The number of aromatic nitrogens is 1. The van der Waals surface area contributed by atoms with E-state index in [0.717, 1.165) is 11.6 Å². The molecule has 1 unspecified atom stereocenters. The molecular weight excluding hydrogens is 317 g/mol. The minimum absolute atomic E-state index is 0.0320. The minimum Gasteiger partial charge on any atom is -0.432 e. The highest BCUT2D eigenvalue weighted by atomic mass is 35.5. The molecule has 0 aliphatic rings. The summed E-state index contributed by atoms with van der Waals surface area (Å²) in [5.74, 6) is 0.163. The minimum atomic E-state index is -0.603. The van der Waals surface area contributed by atoms with Gasteiger partial charge in [-0.15, -0.1) is 0 Å². The molecule has 0 amide bonds. The van der Waals surface area contributed by atoms with Crippen LogP contribution in [0.5, 0.6) is 11.6 Å². The summed E-state index contributed by atoms with van der Waals surface area (Å²) in [4.78, 5) is 14.4. The number of hydrogen-bond acceptors (Lipinski definition) is 5. The Morgan fingerprint density at radius 2 is 2.00 bits per heavy atom.